The molecule has 0 unspecified atom stereocenters. The van der Waals surface area contributed by atoms with E-state index in [1.807, 2.05) is 6.92 Å². The molecule has 1 saturated heterocycles. The van der Waals surface area contributed by atoms with Gasteiger partial charge in [0, 0.05) is 36.1 Å². The lowest BCUT2D eigenvalue weighted by molar-refractivity contribution is -0.384. The van der Waals surface area contributed by atoms with Crippen molar-refractivity contribution >= 4 is 34.7 Å². The zero-order valence-electron chi connectivity index (χ0n) is 17.3. The van der Waals surface area contributed by atoms with Crippen LogP contribution >= 0.6 is 11.3 Å². The second kappa shape index (κ2) is 10.3. The van der Waals surface area contributed by atoms with E-state index in [4.69, 9.17) is 10.5 Å². The average Bonchev–Trinajstić information content (AvgIpc) is 3.16. The first-order chi connectivity index (χ1) is 14.9. The molecule has 166 valence electrons. The van der Waals surface area contributed by atoms with Crippen molar-refractivity contribution in [2.45, 2.75) is 38.6 Å². The number of nitrogens with zero attached hydrogens (tertiary/aromatic N) is 2. The molecule has 1 atom stereocenters. The fourth-order valence-corrected chi connectivity index (χ4v) is 4.38. The molecule has 2 amide bonds. The summed E-state index contributed by atoms with van der Waals surface area (Å²) in [5.74, 6) is -0.314. The van der Waals surface area contributed by atoms with Crippen LogP contribution < -0.4 is 11.1 Å². The molecule has 0 saturated carbocycles. The number of ether oxygens (including phenoxy) is 1. The molecule has 0 spiro atoms. The molecule has 2 heterocycles. The SMILES string of the molecule is CCCCOC(=O)N1CCC[C@H](NC(=O)c2sc(-c3cccc([N+](=O)[O-])c3)cc2N)C1. The van der Waals surface area contributed by atoms with Gasteiger partial charge in [-0.15, -0.1) is 11.3 Å². The van der Waals surface area contributed by atoms with Crippen LogP contribution in [-0.2, 0) is 4.74 Å². The molecule has 1 aliphatic heterocycles. The number of benzene rings is 1. The number of carbonyl (C=O) groups is 2. The van der Waals surface area contributed by atoms with Crippen molar-refractivity contribution in [3.63, 3.8) is 0 Å². The molecule has 1 fully saturated rings. The normalized spacial score (nSPS) is 16.0. The van der Waals surface area contributed by atoms with E-state index in [0.717, 1.165) is 25.7 Å². The molecule has 9 nitrogen and oxygen atoms in total. The maximum absolute atomic E-state index is 12.8. The number of hydrogen-bond donors (Lipinski definition) is 2. The number of rotatable bonds is 7. The summed E-state index contributed by atoms with van der Waals surface area (Å²) in [6.07, 6.45) is 2.95. The first-order valence-corrected chi connectivity index (χ1v) is 11.1. The minimum atomic E-state index is -0.462. The van der Waals surface area contributed by atoms with Gasteiger partial charge in [0.15, 0.2) is 0 Å². The van der Waals surface area contributed by atoms with Crippen LogP contribution in [-0.4, -0.2) is 47.6 Å². The Balaban J connectivity index is 1.65. The molecular weight excluding hydrogens is 420 g/mol. The van der Waals surface area contributed by atoms with Gasteiger partial charge in [-0.1, -0.05) is 25.5 Å². The lowest BCUT2D eigenvalue weighted by Gasteiger charge is -2.32. The highest BCUT2D eigenvalue weighted by molar-refractivity contribution is 7.18. The molecule has 3 rings (SSSR count). The van der Waals surface area contributed by atoms with E-state index in [9.17, 15) is 19.7 Å². The summed E-state index contributed by atoms with van der Waals surface area (Å²) in [6.45, 7) is 3.42. The quantitative estimate of drug-likeness (QED) is 0.375. The van der Waals surface area contributed by atoms with Gasteiger partial charge in [0.05, 0.1) is 17.2 Å². The number of non-ortho nitro benzene ring substituents is 1. The van der Waals surface area contributed by atoms with Crippen LogP contribution in [0.2, 0.25) is 0 Å². The third kappa shape index (κ3) is 5.72. The number of nitrogens with two attached hydrogens (primary N) is 1. The standard InChI is InChI=1S/C21H26N4O5S/c1-2-3-10-30-21(27)24-9-5-7-15(13-24)23-20(26)19-17(22)12-18(31-19)14-6-4-8-16(11-14)25(28)29/h4,6,8,11-12,15H,2-3,5,7,9-10,13,22H2,1H3,(H,23,26)/t15-/m0/s1. The molecule has 31 heavy (non-hydrogen) atoms. The van der Waals surface area contributed by atoms with Crippen molar-refractivity contribution in [3.8, 4) is 10.4 Å². The van der Waals surface area contributed by atoms with Crippen molar-refractivity contribution in [1.82, 2.24) is 10.2 Å². The highest BCUT2D eigenvalue weighted by atomic mass is 32.1. The van der Waals surface area contributed by atoms with Crippen LogP contribution in [0.15, 0.2) is 30.3 Å². The number of carbonyl (C=O) groups excluding carboxylic acids is 2. The van der Waals surface area contributed by atoms with E-state index in [2.05, 4.69) is 5.32 Å². The number of nitrogen functional groups attached to an aromatic ring is 1. The monoisotopic (exact) mass is 446 g/mol. The van der Waals surface area contributed by atoms with E-state index >= 15 is 0 Å². The van der Waals surface area contributed by atoms with Crippen molar-refractivity contribution in [2.75, 3.05) is 25.4 Å². The highest BCUT2D eigenvalue weighted by Gasteiger charge is 2.27. The van der Waals surface area contributed by atoms with Gasteiger partial charge >= 0.3 is 6.09 Å². The zero-order chi connectivity index (χ0) is 22.4. The van der Waals surface area contributed by atoms with E-state index in [1.54, 1.807) is 23.1 Å². The predicted molar refractivity (Wildman–Crippen MR) is 119 cm³/mol. The molecule has 0 bridgehead atoms. The Hall–Kier alpha value is -3.14. The first kappa shape index (κ1) is 22.5. The first-order valence-electron chi connectivity index (χ1n) is 10.3. The number of likely N-dealkylation sites (tertiary alicyclic amines) is 1. The van der Waals surface area contributed by atoms with Crippen molar-refractivity contribution < 1.29 is 19.2 Å². The fourth-order valence-electron chi connectivity index (χ4n) is 3.40. The summed E-state index contributed by atoms with van der Waals surface area (Å²) in [5, 5.41) is 14.0. The van der Waals surface area contributed by atoms with E-state index < -0.39 is 4.92 Å². The minimum absolute atomic E-state index is 0.0245. The summed E-state index contributed by atoms with van der Waals surface area (Å²) in [6, 6.07) is 7.66. The molecular formula is C21H26N4O5S. The van der Waals surface area contributed by atoms with Gasteiger partial charge in [-0.25, -0.2) is 4.79 Å². The lowest BCUT2D eigenvalue weighted by Crippen LogP contribution is -2.49. The number of nitrogens with one attached hydrogen (secondary N) is 1. The average molecular weight is 447 g/mol. The summed E-state index contributed by atoms with van der Waals surface area (Å²) in [7, 11) is 0. The second-order valence-corrected chi connectivity index (χ2v) is 8.48. The number of nitro benzene ring substituents is 1. The molecule has 1 aromatic heterocycles. The zero-order valence-corrected chi connectivity index (χ0v) is 18.2. The maximum Gasteiger partial charge on any atom is 0.409 e. The van der Waals surface area contributed by atoms with Gasteiger partial charge in [0.1, 0.15) is 4.88 Å². The Labute approximate surface area is 184 Å². The molecule has 1 aliphatic rings. The van der Waals surface area contributed by atoms with Crippen LogP contribution in [0.3, 0.4) is 0 Å². The van der Waals surface area contributed by atoms with Crippen LogP contribution in [0.1, 0.15) is 42.3 Å². The highest BCUT2D eigenvalue weighted by Crippen LogP contribution is 2.34. The van der Waals surface area contributed by atoms with Crippen molar-refractivity contribution in [3.05, 3.63) is 45.3 Å². The van der Waals surface area contributed by atoms with Gasteiger partial charge in [0.25, 0.3) is 11.6 Å². The van der Waals surface area contributed by atoms with Gasteiger partial charge in [0.2, 0.25) is 0 Å². The Morgan fingerprint density at radius 1 is 1.39 bits per heavy atom. The van der Waals surface area contributed by atoms with Gasteiger partial charge < -0.3 is 20.7 Å². The smallest absolute Gasteiger partial charge is 0.409 e. The molecule has 1 aromatic carbocycles. The molecule has 3 N–H and O–H groups in total. The Bertz CT molecular complexity index is 961. The van der Waals surface area contributed by atoms with Crippen LogP contribution in [0.5, 0.6) is 0 Å². The van der Waals surface area contributed by atoms with Crippen LogP contribution in [0.4, 0.5) is 16.2 Å². The topological polar surface area (TPSA) is 128 Å². The van der Waals surface area contributed by atoms with E-state index in [0.29, 0.717) is 40.7 Å². The fraction of sp³-hybridized carbons (Fsp3) is 0.429. The predicted octanol–water partition coefficient (Wildman–Crippen LogP) is 4.04. The summed E-state index contributed by atoms with van der Waals surface area (Å²) in [5.41, 5.74) is 6.98. The van der Waals surface area contributed by atoms with Crippen LogP contribution in [0.25, 0.3) is 10.4 Å². The number of unbranched alkanes of at least 4 members (excludes halogenated alkanes) is 1. The summed E-state index contributed by atoms with van der Waals surface area (Å²) >= 11 is 1.19. The minimum Gasteiger partial charge on any atom is -0.449 e. The Morgan fingerprint density at radius 3 is 2.94 bits per heavy atom. The Morgan fingerprint density at radius 2 is 2.19 bits per heavy atom. The molecule has 0 radical (unpaired) electrons. The number of thiophene rings is 1. The van der Waals surface area contributed by atoms with Gasteiger partial charge in [-0.05, 0) is 30.9 Å². The van der Waals surface area contributed by atoms with Crippen LogP contribution in [0, 0.1) is 10.1 Å². The van der Waals surface area contributed by atoms with Crippen molar-refractivity contribution in [1.29, 1.82) is 0 Å². The Kier molecular flexibility index (Phi) is 7.45. The van der Waals surface area contributed by atoms with E-state index in [1.165, 1.54) is 23.5 Å². The van der Waals surface area contributed by atoms with Gasteiger partial charge in [-0.2, -0.15) is 0 Å². The summed E-state index contributed by atoms with van der Waals surface area (Å²) in [4.78, 5) is 38.2. The largest absolute Gasteiger partial charge is 0.449 e. The number of piperidine rings is 1. The number of hydrogen-bond acceptors (Lipinski definition) is 7. The third-order valence-corrected chi connectivity index (χ3v) is 6.25. The lowest BCUT2D eigenvalue weighted by atomic mass is 10.1. The third-order valence-electron chi connectivity index (χ3n) is 5.05. The number of amides is 2. The molecule has 0 aliphatic carbocycles. The number of nitro groups is 1. The maximum atomic E-state index is 12.8. The van der Waals surface area contributed by atoms with E-state index in [-0.39, 0.29) is 23.7 Å². The number of anilines is 1. The summed E-state index contributed by atoms with van der Waals surface area (Å²) < 4.78 is 5.27. The second-order valence-electron chi connectivity index (χ2n) is 7.43. The molecule has 2 aromatic rings. The van der Waals surface area contributed by atoms with Gasteiger partial charge in [-0.3, -0.25) is 14.9 Å². The molecule has 10 heteroatoms. The van der Waals surface area contributed by atoms with Crippen molar-refractivity contribution in [2.24, 2.45) is 0 Å².